The molecule has 0 atom stereocenters. The second kappa shape index (κ2) is 5.51. The predicted molar refractivity (Wildman–Crippen MR) is 76.9 cm³/mol. The van der Waals surface area contributed by atoms with Crippen molar-refractivity contribution < 1.29 is 14.3 Å². The largest absolute Gasteiger partial charge is 0.508 e. The average molecular weight is 294 g/mol. The van der Waals surface area contributed by atoms with Crippen LogP contribution in [0.1, 0.15) is 21.5 Å². The Hall–Kier alpha value is -2.07. The van der Waals surface area contributed by atoms with Crippen LogP contribution in [-0.2, 0) is 0 Å². The Morgan fingerprint density at radius 1 is 1.20 bits per heavy atom. The molecule has 0 saturated carbocycles. The van der Waals surface area contributed by atoms with Gasteiger partial charge in [-0.2, -0.15) is 0 Å². The highest BCUT2D eigenvalue weighted by Gasteiger charge is 2.14. The number of carbonyl (C=O) groups excluding carboxylic acids is 1. The molecule has 2 aromatic rings. The van der Waals surface area contributed by atoms with Crippen LogP contribution in [0, 0.1) is 19.7 Å². The second-order valence-corrected chi connectivity index (χ2v) is 4.97. The Bertz CT molecular complexity index is 686. The Labute approximate surface area is 121 Å². The topological polar surface area (TPSA) is 49.3 Å². The number of aromatic hydroxyl groups is 1. The van der Waals surface area contributed by atoms with Gasteiger partial charge in [0, 0.05) is 10.7 Å². The zero-order valence-electron chi connectivity index (χ0n) is 11.0. The second-order valence-electron chi connectivity index (χ2n) is 4.53. The molecule has 1 amide bonds. The molecular formula is C15H13ClFNO2. The molecule has 0 aliphatic rings. The molecule has 0 fully saturated rings. The number of nitrogens with one attached hydrogen (secondary N) is 1. The van der Waals surface area contributed by atoms with Crippen molar-refractivity contribution in [1.82, 2.24) is 0 Å². The van der Waals surface area contributed by atoms with E-state index in [0.29, 0.717) is 16.8 Å². The highest BCUT2D eigenvalue weighted by molar-refractivity contribution is 6.31. The number of hydrogen-bond acceptors (Lipinski definition) is 2. The Morgan fingerprint density at radius 2 is 1.90 bits per heavy atom. The van der Waals surface area contributed by atoms with Crippen molar-refractivity contribution in [2.75, 3.05) is 5.32 Å². The molecule has 0 aliphatic heterocycles. The van der Waals surface area contributed by atoms with Crippen molar-refractivity contribution in [1.29, 1.82) is 0 Å². The van der Waals surface area contributed by atoms with Gasteiger partial charge in [0.2, 0.25) is 0 Å². The van der Waals surface area contributed by atoms with Gasteiger partial charge in [0.15, 0.2) is 0 Å². The van der Waals surface area contributed by atoms with Crippen LogP contribution in [0.2, 0.25) is 5.02 Å². The summed E-state index contributed by atoms with van der Waals surface area (Å²) in [6.45, 7) is 3.45. The summed E-state index contributed by atoms with van der Waals surface area (Å²) < 4.78 is 13.6. The summed E-state index contributed by atoms with van der Waals surface area (Å²) in [5.74, 6) is -1.08. The number of anilines is 1. The third kappa shape index (κ3) is 2.91. The minimum atomic E-state index is -0.639. The number of aryl methyl sites for hydroxylation is 2. The summed E-state index contributed by atoms with van der Waals surface area (Å²) in [6, 6.07) is 6.97. The van der Waals surface area contributed by atoms with Crippen LogP contribution >= 0.6 is 11.6 Å². The SMILES string of the molecule is Cc1cc(NC(=O)c2cc(Cl)ccc2F)c(C)cc1O. The molecule has 2 N–H and O–H groups in total. The summed E-state index contributed by atoms with van der Waals surface area (Å²) in [7, 11) is 0. The first-order valence-electron chi connectivity index (χ1n) is 5.95. The molecule has 2 rings (SSSR count). The minimum absolute atomic E-state index is 0.123. The Morgan fingerprint density at radius 3 is 2.60 bits per heavy atom. The fourth-order valence-corrected chi connectivity index (χ4v) is 1.97. The zero-order chi connectivity index (χ0) is 14.9. The Balaban J connectivity index is 2.32. The van der Waals surface area contributed by atoms with E-state index in [1.54, 1.807) is 26.0 Å². The van der Waals surface area contributed by atoms with Crippen LogP contribution in [0.3, 0.4) is 0 Å². The van der Waals surface area contributed by atoms with Crippen LogP contribution in [-0.4, -0.2) is 11.0 Å². The first kappa shape index (κ1) is 14.3. The zero-order valence-corrected chi connectivity index (χ0v) is 11.8. The molecule has 104 valence electrons. The number of benzene rings is 2. The summed E-state index contributed by atoms with van der Waals surface area (Å²) in [6.07, 6.45) is 0. The Kier molecular flexibility index (Phi) is 3.95. The molecule has 0 heterocycles. The van der Waals surface area contributed by atoms with Crippen LogP contribution in [0.15, 0.2) is 30.3 Å². The van der Waals surface area contributed by atoms with Crippen LogP contribution in [0.5, 0.6) is 5.75 Å². The van der Waals surface area contributed by atoms with Gasteiger partial charge in [-0.05, 0) is 55.3 Å². The van der Waals surface area contributed by atoms with Crippen molar-refractivity contribution in [2.24, 2.45) is 0 Å². The molecule has 0 saturated heterocycles. The molecule has 20 heavy (non-hydrogen) atoms. The highest BCUT2D eigenvalue weighted by atomic mass is 35.5. The molecule has 0 unspecified atom stereocenters. The van der Waals surface area contributed by atoms with Gasteiger partial charge in [-0.25, -0.2) is 4.39 Å². The molecule has 2 aromatic carbocycles. The van der Waals surface area contributed by atoms with E-state index in [2.05, 4.69) is 5.32 Å². The molecule has 0 spiro atoms. The molecule has 5 heteroatoms. The maximum absolute atomic E-state index is 13.6. The van der Waals surface area contributed by atoms with Gasteiger partial charge in [-0.3, -0.25) is 4.79 Å². The van der Waals surface area contributed by atoms with Crippen LogP contribution in [0.4, 0.5) is 10.1 Å². The summed E-state index contributed by atoms with van der Waals surface area (Å²) >= 11 is 5.76. The lowest BCUT2D eigenvalue weighted by Gasteiger charge is -2.11. The number of carbonyl (C=O) groups is 1. The van der Waals surface area contributed by atoms with Crippen molar-refractivity contribution >= 4 is 23.2 Å². The minimum Gasteiger partial charge on any atom is -0.508 e. The summed E-state index contributed by atoms with van der Waals surface area (Å²) in [5.41, 5.74) is 1.70. The van der Waals surface area contributed by atoms with Crippen molar-refractivity contribution in [2.45, 2.75) is 13.8 Å². The first-order chi connectivity index (χ1) is 9.38. The van der Waals surface area contributed by atoms with Gasteiger partial charge in [-0.15, -0.1) is 0 Å². The van der Waals surface area contributed by atoms with E-state index in [9.17, 15) is 14.3 Å². The van der Waals surface area contributed by atoms with E-state index in [0.717, 1.165) is 6.07 Å². The van der Waals surface area contributed by atoms with Crippen LogP contribution in [0.25, 0.3) is 0 Å². The normalized spacial score (nSPS) is 10.4. The predicted octanol–water partition coefficient (Wildman–Crippen LogP) is 4.05. The number of amides is 1. The van der Waals surface area contributed by atoms with E-state index in [-0.39, 0.29) is 16.3 Å². The lowest BCUT2D eigenvalue weighted by atomic mass is 10.1. The van der Waals surface area contributed by atoms with E-state index < -0.39 is 11.7 Å². The summed E-state index contributed by atoms with van der Waals surface area (Å²) in [5, 5.41) is 12.5. The molecule has 3 nitrogen and oxygen atoms in total. The number of phenols is 1. The molecule has 0 bridgehead atoms. The van der Waals surface area contributed by atoms with E-state index >= 15 is 0 Å². The lowest BCUT2D eigenvalue weighted by Crippen LogP contribution is -2.14. The lowest BCUT2D eigenvalue weighted by molar-refractivity contribution is 0.102. The number of hydrogen-bond donors (Lipinski definition) is 2. The first-order valence-corrected chi connectivity index (χ1v) is 6.33. The highest BCUT2D eigenvalue weighted by Crippen LogP contribution is 2.26. The standard InChI is InChI=1S/C15H13ClFNO2/c1-8-6-14(19)9(2)5-13(8)18-15(20)11-7-10(16)3-4-12(11)17/h3-7,19H,1-2H3,(H,18,20). The average Bonchev–Trinajstić information content (AvgIpc) is 2.38. The quantitative estimate of drug-likeness (QED) is 0.821. The van der Waals surface area contributed by atoms with Crippen molar-refractivity contribution in [3.05, 3.63) is 57.9 Å². The molecule has 0 aromatic heterocycles. The molecule has 0 radical (unpaired) electrons. The van der Waals surface area contributed by atoms with Gasteiger partial charge in [0.05, 0.1) is 5.56 Å². The van der Waals surface area contributed by atoms with Gasteiger partial charge in [0.25, 0.3) is 5.91 Å². The van der Waals surface area contributed by atoms with Crippen molar-refractivity contribution in [3.63, 3.8) is 0 Å². The van der Waals surface area contributed by atoms with Gasteiger partial charge in [-0.1, -0.05) is 11.6 Å². The van der Waals surface area contributed by atoms with Gasteiger partial charge < -0.3 is 10.4 Å². The maximum atomic E-state index is 13.6. The molecular weight excluding hydrogens is 281 g/mol. The van der Waals surface area contributed by atoms with E-state index in [1.165, 1.54) is 12.1 Å². The third-order valence-electron chi connectivity index (χ3n) is 2.96. The number of phenolic OH excluding ortho intramolecular Hbond substituents is 1. The monoisotopic (exact) mass is 293 g/mol. The molecule has 0 aliphatic carbocycles. The fraction of sp³-hybridized carbons (Fsp3) is 0.133. The van der Waals surface area contributed by atoms with Crippen LogP contribution < -0.4 is 5.32 Å². The van der Waals surface area contributed by atoms with E-state index in [4.69, 9.17) is 11.6 Å². The van der Waals surface area contributed by atoms with Gasteiger partial charge >= 0.3 is 0 Å². The number of rotatable bonds is 2. The third-order valence-corrected chi connectivity index (χ3v) is 3.20. The number of halogens is 2. The maximum Gasteiger partial charge on any atom is 0.258 e. The van der Waals surface area contributed by atoms with Gasteiger partial charge in [0.1, 0.15) is 11.6 Å². The fourth-order valence-electron chi connectivity index (χ4n) is 1.80. The van der Waals surface area contributed by atoms with E-state index in [1.807, 2.05) is 0 Å². The van der Waals surface area contributed by atoms with Crippen molar-refractivity contribution in [3.8, 4) is 5.75 Å². The smallest absolute Gasteiger partial charge is 0.258 e. The summed E-state index contributed by atoms with van der Waals surface area (Å²) in [4.78, 5) is 12.1.